The van der Waals surface area contributed by atoms with E-state index in [9.17, 15) is 5.11 Å². The second-order valence-electron chi connectivity index (χ2n) is 5.61. The van der Waals surface area contributed by atoms with Gasteiger partial charge in [-0.1, -0.05) is 6.92 Å². The maximum atomic E-state index is 9.60. The number of hydrogen-bond donors (Lipinski definition) is 1. The smallest absolute Gasteiger partial charge is 0.457 e. The molecule has 5 nitrogen and oxygen atoms in total. The van der Waals surface area contributed by atoms with Crippen molar-refractivity contribution >= 4 is 22.9 Å². The molecule has 7 heteroatoms. The molecule has 1 N–H and O–H groups in total. The van der Waals surface area contributed by atoms with Gasteiger partial charge in [0.05, 0.1) is 6.10 Å². The minimum Gasteiger partial charge on any atom is -0.457 e. The van der Waals surface area contributed by atoms with E-state index in [4.69, 9.17) is 0 Å². The zero-order valence-electron chi connectivity index (χ0n) is 14.5. The molecule has 130 valence electrons. The van der Waals surface area contributed by atoms with Crippen molar-refractivity contribution in [2.24, 2.45) is 0 Å². The summed E-state index contributed by atoms with van der Waals surface area (Å²) in [4.78, 5) is 6.98. The van der Waals surface area contributed by atoms with Gasteiger partial charge < -0.3 is 22.3 Å². The van der Waals surface area contributed by atoms with Crippen molar-refractivity contribution in [2.45, 2.75) is 20.0 Å². The van der Waals surface area contributed by atoms with Crippen LogP contribution in [0.5, 0.6) is 0 Å². The zero-order valence-corrected chi connectivity index (χ0v) is 20.8. The van der Waals surface area contributed by atoms with Crippen LogP contribution in [0.3, 0.4) is 0 Å². The van der Waals surface area contributed by atoms with Crippen LogP contribution in [-0.2, 0) is 0 Å². The molecule has 1 atom stereocenters. The first kappa shape index (κ1) is 25.8. The molecule has 0 aliphatic carbocycles. The maximum Gasteiger partial charge on any atom is 2.00 e. The van der Waals surface area contributed by atoms with E-state index in [1.807, 2.05) is 6.92 Å². The normalized spacial score (nSPS) is 22.8. The molecule has 1 aliphatic rings. The van der Waals surface area contributed by atoms with Crippen LogP contribution >= 0.6 is 22.9 Å². The fraction of sp³-hybridized carbons (Fsp3) is 0.867. The van der Waals surface area contributed by atoms with E-state index in [0.717, 1.165) is 65.4 Å². The van der Waals surface area contributed by atoms with Gasteiger partial charge in [0, 0.05) is 68.7 Å². The summed E-state index contributed by atoms with van der Waals surface area (Å²) in [6, 6.07) is 0. The summed E-state index contributed by atoms with van der Waals surface area (Å²) in [5.74, 6) is 0. The Labute approximate surface area is 175 Å². The predicted octanol–water partition coefficient (Wildman–Crippen LogP) is 1.20. The van der Waals surface area contributed by atoms with Gasteiger partial charge in [-0.3, -0.25) is 11.9 Å². The van der Waals surface area contributed by atoms with Crippen molar-refractivity contribution in [3.05, 3.63) is 14.5 Å². The molecule has 1 rings (SSSR count). The van der Waals surface area contributed by atoms with E-state index >= 15 is 0 Å². The Morgan fingerprint density at radius 2 is 1.45 bits per heavy atom. The minimum absolute atomic E-state index is 0. The molecule has 1 fully saturated rings. The summed E-state index contributed by atoms with van der Waals surface area (Å²) in [7, 11) is 4.13. The number of aliphatic hydroxyl groups excluding tert-OH is 1. The molecule has 1 saturated heterocycles. The van der Waals surface area contributed by atoms with Crippen LogP contribution in [0.25, 0.3) is 0 Å². The third-order valence-corrected chi connectivity index (χ3v) is 4.72. The van der Waals surface area contributed by atoms with Crippen LogP contribution in [0.2, 0.25) is 0 Å². The third kappa shape index (κ3) is 12.0. The Kier molecular flexibility index (Phi) is 17.5. The molecule has 0 aromatic carbocycles. The fourth-order valence-electron chi connectivity index (χ4n) is 2.39. The molecule has 0 aromatic rings. The quantitative estimate of drug-likeness (QED) is 0.283. The van der Waals surface area contributed by atoms with E-state index in [1.54, 1.807) is 0 Å². The van der Waals surface area contributed by atoms with E-state index in [0.29, 0.717) is 0 Å². The van der Waals surface area contributed by atoms with E-state index in [2.05, 4.69) is 54.6 Å². The van der Waals surface area contributed by atoms with Crippen LogP contribution in [-0.4, -0.2) is 94.5 Å². The summed E-state index contributed by atoms with van der Waals surface area (Å²) in [6.07, 6.45) is -0.264. The number of β-amino-alcohol motifs (C(OH)–C–C–N with tert-alkyl or cyclic N) is 1. The van der Waals surface area contributed by atoms with Gasteiger partial charge in [0.1, 0.15) is 0 Å². The number of hydrogen-bond acceptors (Lipinski definition) is 5. The molecule has 1 aliphatic heterocycles. The van der Waals surface area contributed by atoms with Crippen molar-refractivity contribution in [3.63, 3.8) is 0 Å². The van der Waals surface area contributed by atoms with E-state index in [1.165, 1.54) is 0 Å². The first-order chi connectivity index (χ1) is 9.51. The Balaban J connectivity index is 0. The van der Waals surface area contributed by atoms with Crippen LogP contribution < -0.4 is 0 Å². The van der Waals surface area contributed by atoms with Gasteiger partial charge in [0.25, 0.3) is 0 Å². The van der Waals surface area contributed by atoms with Crippen LogP contribution in [0.1, 0.15) is 13.8 Å². The molecule has 0 radical (unpaired) electrons. The number of halogens is 1. The van der Waals surface area contributed by atoms with Crippen LogP contribution in [0, 0.1) is 45.6 Å². The molecule has 0 amide bonds. The molecular weight excluding hydrogens is 617 g/mol. The van der Waals surface area contributed by atoms with Gasteiger partial charge in [0.2, 0.25) is 0 Å². The number of rotatable bonds is 3. The average Bonchev–Trinajstić information content (AvgIpc) is 2.40. The Morgan fingerprint density at radius 1 is 1.00 bits per heavy atom. The molecule has 0 bridgehead atoms. The van der Waals surface area contributed by atoms with Crippen molar-refractivity contribution in [1.82, 2.24) is 17.8 Å². The van der Waals surface area contributed by atoms with Crippen molar-refractivity contribution < 1.29 is 36.2 Å². The van der Waals surface area contributed by atoms with Gasteiger partial charge in [-0.2, -0.15) is 0 Å². The molecular formula is C15H33IN4OU. The predicted molar refractivity (Wildman–Crippen MR) is 99.2 cm³/mol. The van der Waals surface area contributed by atoms with Crippen molar-refractivity contribution in [2.75, 3.05) is 65.4 Å². The molecule has 0 spiro atoms. The molecule has 1 heterocycles. The fourth-order valence-corrected chi connectivity index (χ4v) is 2.82. The van der Waals surface area contributed by atoms with E-state index < -0.39 is 0 Å². The molecule has 0 aromatic heterocycles. The summed E-state index contributed by atoms with van der Waals surface area (Å²) in [5.41, 5.74) is 0. The Hall–Kier alpha value is 1.58. The zero-order chi connectivity index (χ0) is 15.0. The first-order valence-corrected chi connectivity index (χ1v) is 8.56. The standard InChI is InChI=1S/C14H30IN4O.CH3.U/c1-4-17-7-5-16(3)6-8-18(13-14(2)20)10-12-19(15)11-9-17;;/h14,20H,3-13H2,1-2H3;1H3;/q2*-1;+2. The third-order valence-electron chi connectivity index (χ3n) is 3.75. The summed E-state index contributed by atoms with van der Waals surface area (Å²) < 4.78 is 2.36. The summed E-state index contributed by atoms with van der Waals surface area (Å²) in [6.45, 7) is 14.2. The Bertz CT molecular complexity index is 244. The van der Waals surface area contributed by atoms with Gasteiger partial charge in [-0.05, 0) is 26.6 Å². The van der Waals surface area contributed by atoms with Crippen molar-refractivity contribution in [3.8, 4) is 0 Å². The largest absolute Gasteiger partial charge is 2.00 e. The molecule has 0 saturated carbocycles. The van der Waals surface area contributed by atoms with Crippen LogP contribution in [0.15, 0.2) is 0 Å². The average molecular weight is 650 g/mol. The van der Waals surface area contributed by atoms with Gasteiger partial charge in [-0.25, -0.2) is 3.11 Å². The van der Waals surface area contributed by atoms with Crippen LogP contribution in [0.4, 0.5) is 0 Å². The van der Waals surface area contributed by atoms with Crippen molar-refractivity contribution in [1.29, 1.82) is 0 Å². The second-order valence-corrected chi connectivity index (χ2v) is 6.98. The maximum absolute atomic E-state index is 9.60. The van der Waals surface area contributed by atoms with Gasteiger partial charge >= 0.3 is 31.1 Å². The number of aliphatic hydroxyl groups is 1. The molecule has 22 heavy (non-hydrogen) atoms. The van der Waals surface area contributed by atoms with Gasteiger partial charge in [0.15, 0.2) is 0 Å². The first-order valence-electron chi connectivity index (χ1n) is 7.60. The topological polar surface area (TPSA) is 33.2 Å². The molecule has 1 unspecified atom stereocenters. The summed E-state index contributed by atoms with van der Waals surface area (Å²) in [5, 5.41) is 9.60. The SMILES string of the molecule is [CH2-]N1CCN(CC)CCN(I)CCN(CC(C)O)CC1.[CH3-].[U+2]. The van der Waals surface area contributed by atoms with Gasteiger partial charge in [-0.15, -0.1) is 0 Å². The summed E-state index contributed by atoms with van der Waals surface area (Å²) >= 11 is 2.42. The Morgan fingerprint density at radius 3 is 1.95 bits per heavy atom. The minimum atomic E-state index is -0.264. The monoisotopic (exact) mass is 650 g/mol. The second kappa shape index (κ2) is 14.9. The number of nitrogens with zero attached hydrogens (tertiary/aromatic N) is 4. The van der Waals surface area contributed by atoms with E-state index in [-0.39, 0.29) is 44.6 Å². The number of likely N-dealkylation sites (N-methyl/N-ethyl adjacent to an activating group) is 1.